The van der Waals surface area contributed by atoms with E-state index in [1.807, 2.05) is 66.7 Å². The van der Waals surface area contributed by atoms with E-state index < -0.39 is 0 Å². The molecule has 0 saturated carbocycles. The Hall–Kier alpha value is -3.28. The van der Waals surface area contributed by atoms with Gasteiger partial charge in [0, 0.05) is 27.1 Å². The number of hydrogen-bond acceptors (Lipinski definition) is 4. The minimum Gasteiger partial charge on any atom is -0.456 e. The first-order valence-electron chi connectivity index (χ1n) is 8.89. The van der Waals surface area contributed by atoms with Crippen LogP contribution >= 0.6 is 23.2 Å². The van der Waals surface area contributed by atoms with Gasteiger partial charge in [-0.1, -0.05) is 35.3 Å². The molecule has 142 valence electrons. The average Bonchev–Trinajstić information content (AvgIpc) is 3.15. The fourth-order valence-electron chi connectivity index (χ4n) is 3.11. The normalized spacial score (nSPS) is 12.0. The maximum Gasteiger partial charge on any atom is 0.222 e. The Bertz CT molecular complexity index is 1370. The van der Waals surface area contributed by atoms with Crippen LogP contribution in [0, 0.1) is 0 Å². The van der Waals surface area contributed by atoms with Crippen LogP contribution in [0.2, 0.25) is 10.0 Å². The highest BCUT2D eigenvalue weighted by Gasteiger charge is 2.08. The third-order valence-corrected chi connectivity index (χ3v) is 4.99. The largest absolute Gasteiger partial charge is 0.456 e. The molecule has 0 atom stereocenters. The second kappa shape index (κ2) is 7.28. The summed E-state index contributed by atoms with van der Waals surface area (Å²) in [7, 11) is 0. The van der Waals surface area contributed by atoms with Crippen molar-refractivity contribution in [1.82, 2.24) is 9.97 Å². The molecule has 0 bridgehead atoms. The molecule has 5 aromatic rings. The highest BCUT2D eigenvalue weighted by atomic mass is 35.5. The molecule has 0 unspecified atom stereocenters. The Kier molecular flexibility index (Phi) is 4.46. The standard InChI is InChI=1S/C22H14Cl2N4O/c23-14-7-5-13(6-8-14)21-12-19(16-11-15(24)9-10-20(16)29-21)27-28-22-25-17-3-1-2-4-18(17)26-22/h1-12H,(H2,25,26,28)/b27-19+. The van der Waals surface area contributed by atoms with Gasteiger partial charge in [0.25, 0.3) is 0 Å². The third kappa shape index (κ3) is 3.58. The minimum absolute atomic E-state index is 0.551. The van der Waals surface area contributed by atoms with Gasteiger partial charge in [0.15, 0.2) is 0 Å². The SMILES string of the molecule is Clc1ccc(-c2c/c(=N\Nc3nc4ccccc4[nH]3)c3cc(Cl)ccc3o2)cc1. The molecule has 0 fully saturated rings. The van der Waals surface area contributed by atoms with E-state index in [1.165, 1.54) is 0 Å². The van der Waals surface area contributed by atoms with E-state index in [4.69, 9.17) is 27.6 Å². The predicted molar refractivity (Wildman–Crippen MR) is 117 cm³/mol. The highest BCUT2D eigenvalue weighted by molar-refractivity contribution is 6.31. The van der Waals surface area contributed by atoms with Crippen LogP contribution in [0.15, 0.2) is 82.3 Å². The molecule has 2 N–H and O–H groups in total. The maximum absolute atomic E-state index is 6.20. The number of aromatic nitrogens is 2. The number of fused-ring (bicyclic) bond motifs is 2. The van der Waals surface area contributed by atoms with Gasteiger partial charge < -0.3 is 9.40 Å². The van der Waals surface area contributed by atoms with Crippen molar-refractivity contribution in [2.75, 3.05) is 5.43 Å². The van der Waals surface area contributed by atoms with Gasteiger partial charge in [0.05, 0.1) is 16.4 Å². The molecule has 5 nitrogen and oxygen atoms in total. The molecular formula is C22H14Cl2N4O. The Labute approximate surface area is 175 Å². The molecule has 2 aromatic heterocycles. The van der Waals surface area contributed by atoms with Gasteiger partial charge in [-0.05, 0) is 54.6 Å². The van der Waals surface area contributed by atoms with Gasteiger partial charge >= 0.3 is 0 Å². The van der Waals surface area contributed by atoms with Crippen molar-refractivity contribution in [1.29, 1.82) is 0 Å². The Morgan fingerprint density at radius 1 is 0.897 bits per heavy atom. The van der Waals surface area contributed by atoms with E-state index in [1.54, 1.807) is 6.07 Å². The van der Waals surface area contributed by atoms with Crippen molar-refractivity contribution in [3.8, 4) is 11.3 Å². The van der Waals surface area contributed by atoms with Gasteiger partial charge in [-0.25, -0.2) is 10.4 Å². The van der Waals surface area contributed by atoms with Crippen molar-refractivity contribution < 1.29 is 4.42 Å². The molecule has 0 aliphatic rings. The Morgan fingerprint density at radius 3 is 2.52 bits per heavy atom. The number of hydrogen-bond donors (Lipinski definition) is 2. The molecule has 29 heavy (non-hydrogen) atoms. The number of halogens is 2. The molecule has 3 aromatic carbocycles. The van der Waals surface area contributed by atoms with Crippen LogP contribution in [0.5, 0.6) is 0 Å². The van der Waals surface area contributed by atoms with Crippen LogP contribution in [0.4, 0.5) is 5.95 Å². The van der Waals surface area contributed by atoms with E-state index in [0.29, 0.717) is 32.7 Å². The minimum atomic E-state index is 0.551. The topological polar surface area (TPSA) is 66.2 Å². The summed E-state index contributed by atoms with van der Waals surface area (Å²) in [5.74, 6) is 1.22. The van der Waals surface area contributed by atoms with Crippen LogP contribution in [0.1, 0.15) is 0 Å². The zero-order chi connectivity index (χ0) is 19.8. The van der Waals surface area contributed by atoms with Crippen LogP contribution in [0.25, 0.3) is 33.3 Å². The Morgan fingerprint density at radius 2 is 1.69 bits per heavy atom. The summed E-state index contributed by atoms with van der Waals surface area (Å²) in [6, 6.07) is 22.5. The van der Waals surface area contributed by atoms with Crippen molar-refractivity contribution in [3.63, 3.8) is 0 Å². The monoisotopic (exact) mass is 420 g/mol. The predicted octanol–water partition coefficient (Wildman–Crippen LogP) is 6.21. The van der Waals surface area contributed by atoms with Crippen molar-refractivity contribution in [3.05, 3.63) is 88.2 Å². The lowest BCUT2D eigenvalue weighted by Gasteiger charge is -2.06. The molecule has 5 rings (SSSR count). The second-order valence-corrected chi connectivity index (χ2v) is 7.34. The van der Waals surface area contributed by atoms with Gasteiger partial charge in [-0.3, -0.25) is 0 Å². The summed E-state index contributed by atoms with van der Waals surface area (Å²) in [5.41, 5.74) is 6.37. The quantitative estimate of drug-likeness (QED) is 0.341. The number of H-pyrrole nitrogens is 1. The number of anilines is 1. The molecule has 0 aliphatic carbocycles. The van der Waals surface area contributed by atoms with Gasteiger partial charge in [0.2, 0.25) is 5.95 Å². The fraction of sp³-hybridized carbons (Fsp3) is 0. The van der Waals surface area contributed by atoms with Crippen LogP contribution in [-0.4, -0.2) is 9.97 Å². The lowest BCUT2D eigenvalue weighted by molar-refractivity contribution is 0.618. The maximum atomic E-state index is 6.20. The van der Waals surface area contributed by atoms with Crippen LogP contribution in [0.3, 0.4) is 0 Å². The molecule has 2 heterocycles. The second-order valence-electron chi connectivity index (χ2n) is 6.47. The van der Waals surface area contributed by atoms with Crippen molar-refractivity contribution in [2.24, 2.45) is 5.10 Å². The number of rotatable bonds is 3. The molecule has 0 radical (unpaired) electrons. The van der Waals surface area contributed by atoms with E-state index in [0.717, 1.165) is 22.0 Å². The lowest BCUT2D eigenvalue weighted by atomic mass is 10.1. The zero-order valence-corrected chi connectivity index (χ0v) is 16.5. The number of imidazole rings is 1. The first-order chi connectivity index (χ1) is 14.2. The number of nitrogens with one attached hydrogen (secondary N) is 2. The summed E-state index contributed by atoms with van der Waals surface area (Å²) in [5, 5.41) is 7.30. The number of benzene rings is 3. The first-order valence-corrected chi connectivity index (χ1v) is 9.65. The number of para-hydroxylation sites is 2. The number of nitrogens with zero attached hydrogens (tertiary/aromatic N) is 2. The first kappa shape index (κ1) is 17.8. The van der Waals surface area contributed by atoms with Crippen molar-refractivity contribution in [2.45, 2.75) is 0 Å². The van der Waals surface area contributed by atoms with E-state index >= 15 is 0 Å². The lowest BCUT2D eigenvalue weighted by Crippen LogP contribution is -2.08. The summed E-state index contributed by atoms with van der Waals surface area (Å²) in [6.45, 7) is 0. The van der Waals surface area contributed by atoms with E-state index in [-0.39, 0.29) is 0 Å². The molecule has 0 aliphatic heterocycles. The van der Waals surface area contributed by atoms with Gasteiger partial charge in [0.1, 0.15) is 11.3 Å². The summed E-state index contributed by atoms with van der Waals surface area (Å²) in [4.78, 5) is 7.69. The third-order valence-electron chi connectivity index (χ3n) is 4.51. The van der Waals surface area contributed by atoms with Crippen LogP contribution in [-0.2, 0) is 0 Å². The average molecular weight is 421 g/mol. The van der Waals surface area contributed by atoms with Gasteiger partial charge in [-0.15, -0.1) is 0 Å². The highest BCUT2D eigenvalue weighted by Crippen LogP contribution is 2.25. The fourth-order valence-corrected chi connectivity index (χ4v) is 3.41. The zero-order valence-electron chi connectivity index (χ0n) is 15.0. The van der Waals surface area contributed by atoms with E-state index in [9.17, 15) is 0 Å². The van der Waals surface area contributed by atoms with E-state index in [2.05, 4.69) is 20.5 Å². The molecule has 0 saturated heterocycles. The van der Waals surface area contributed by atoms with Gasteiger partial charge in [-0.2, -0.15) is 5.10 Å². The molecule has 0 amide bonds. The molecule has 7 heteroatoms. The summed E-state index contributed by atoms with van der Waals surface area (Å²) in [6.07, 6.45) is 0. The molecule has 0 spiro atoms. The Balaban J connectivity index is 1.64. The van der Waals surface area contributed by atoms with Crippen LogP contribution < -0.4 is 10.8 Å². The smallest absolute Gasteiger partial charge is 0.222 e. The molecular weight excluding hydrogens is 407 g/mol. The summed E-state index contributed by atoms with van der Waals surface area (Å²) < 4.78 is 6.07. The number of aromatic amines is 1. The summed E-state index contributed by atoms with van der Waals surface area (Å²) >= 11 is 12.2. The van der Waals surface area contributed by atoms with Crippen molar-refractivity contribution >= 4 is 51.2 Å².